The third-order valence-corrected chi connectivity index (χ3v) is 4.62. The molecule has 0 saturated heterocycles. The highest BCUT2D eigenvalue weighted by Gasteiger charge is 2.08. The van der Waals surface area contributed by atoms with Gasteiger partial charge in [-0.3, -0.25) is 4.79 Å². The van der Waals surface area contributed by atoms with Gasteiger partial charge in [0.1, 0.15) is 23.8 Å². The lowest BCUT2D eigenvalue weighted by atomic mass is 10.2. The number of benzene rings is 1. The molecule has 3 aromatic heterocycles. The Balaban J connectivity index is 1.36. The number of nitrogens with zero attached hydrogens (tertiary/aromatic N) is 4. The van der Waals surface area contributed by atoms with E-state index in [1.807, 2.05) is 67.0 Å². The molecule has 0 aliphatic rings. The topological polar surface area (TPSA) is 71.8 Å². The number of pyridine rings is 2. The Morgan fingerprint density at radius 1 is 1.07 bits per heavy atom. The number of hydrogen-bond acceptors (Lipinski definition) is 5. The predicted molar refractivity (Wildman–Crippen MR) is 117 cm³/mol. The van der Waals surface area contributed by atoms with E-state index in [1.54, 1.807) is 30.5 Å². The number of amides is 1. The minimum Gasteiger partial charge on any atom is -0.487 e. The number of rotatable bonds is 6. The third-order valence-electron chi connectivity index (χ3n) is 4.62. The molecule has 1 aromatic carbocycles. The van der Waals surface area contributed by atoms with Crippen molar-refractivity contribution < 1.29 is 9.53 Å². The second-order valence-corrected chi connectivity index (χ2v) is 7.27. The lowest BCUT2D eigenvalue weighted by Gasteiger charge is -2.11. The van der Waals surface area contributed by atoms with Crippen molar-refractivity contribution in [2.75, 3.05) is 24.3 Å². The first kappa shape index (κ1) is 19.4. The standard InChI is InChI=1S/C23H23N5O2/c1-16-4-10-22-25-19(14-28(22)13-16)15-30-20-8-5-17(6-9-20)23(29)26-18-7-11-21(24-12-18)27(2)3/h4-14H,15H2,1-3H3,(H,26,29). The van der Waals surface area contributed by atoms with E-state index in [0.29, 0.717) is 23.6 Å². The summed E-state index contributed by atoms with van der Waals surface area (Å²) in [7, 11) is 3.83. The van der Waals surface area contributed by atoms with E-state index in [2.05, 4.69) is 15.3 Å². The number of fused-ring (bicyclic) bond motifs is 1. The summed E-state index contributed by atoms with van der Waals surface area (Å²) in [6.45, 7) is 2.40. The first-order chi connectivity index (χ1) is 14.5. The number of carbonyl (C=O) groups excluding carboxylic acids is 1. The molecule has 30 heavy (non-hydrogen) atoms. The van der Waals surface area contributed by atoms with Crippen molar-refractivity contribution >= 4 is 23.1 Å². The van der Waals surface area contributed by atoms with Gasteiger partial charge in [-0.25, -0.2) is 9.97 Å². The van der Waals surface area contributed by atoms with Crippen LogP contribution >= 0.6 is 0 Å². The van der Waals surface area contributed by atoms with Crippen molar-refractivity contribution in [3.8, 4) is 5.75 Å². The molecule has 0 atom stereocenters. The molecular weight excluding hydrogens is 378 g/mol. The van der Waals surface area contributed by atoms with E-state index >= 15 is 0 Å². The fourth-order valence-electron chi connectivity index (χ4n) is 3.01. The third kappa shape index (κ3) is 4.41. The van der Waals surface area contributed by atoms with Crippen molar-refractivity contribution in [3.05, 3.63) is 83.9 Å². The van der Waals surface area contributed by atoms with Crippen molar-refractivity contribution in [3.63, 3.8) is 0 Å². The highest BCUT2D eigenvalue weighted by Crippen LogP contribution is 2.17. The Morgan fingerprint density at radius 2 is 1.87 bits per heavy atom. The summed E-state index contributed by atoms with van der Waals surface area (Å²) in [5.74, 6) is 1.31. The van der Waals surface area contributed by atoms with Gasteiger partial charge in [0, 0.05) is 32.1 Å². The molecule has 0 saturated carbocycles. The molecule has 4 rings (SSSR count). The maximum atomic E-state index is 12.4. The average molecular weight is 401 g/mol. The lowest BCUT2D eigenvalue weighted by Crippen LogP contribution is -2.13. The van der Waals surface area contributed by atoms with Gasteiger partial charge in [-0.2, -0.15) is 0 Å². The zero-order chi connectivity index (χ0) is 21.1. The van der Waals surface area contributed by atoms with Crippen LogP contribution in [-0.4, -0.2) is 34.4 Å². The number of hydrogen-bond donors (Lipinski definition) is 1. The summed E-state index contributed by atoms with van der Waals surface area (Å²) < 4.78 is 7.81. The van der Waals surface area contributed by atoms with Crippen LogP contribution in [0.2, 0.25) is 0 Å². The van der Waals surface area contributed by atoms with Crippen LogP contribution in [0.3, 0.4) is 0 Å². The number of carbonyl (C=O) groups is 1. The summed E-state index contributed by atoms with van der Waals surface area (Å²) >= 11 is 0. The second kappa shape index (κ2) is 8.24. The SMILES string of the molecule is Cc1ccc2nc(COc3ccc(C(=O)Nc4ccc(N(C)C)nc4)cc3)cn2c1. The second-order valence-electron chi connectivity index (χ2n) is 7.27. The number of aromatic nitrogens is 3. The summed E-state index contributed by atoms with van der Waals surface area (Å²) in [5, 5.41) is 2.85. The van der Waals surface area contributed by atoms with E-state index < -0.39 is 0 Å². The molecule has 1 N–H and O–H groups in total. The number of aryl methyl sites for hydroxylation is 1. The maximum absolute atomic E-state index is 12.4. The average Bonchev–Trinajstić information content (AvgIpc) is 3.15. The Kier molecular flexibility index (Phi) is 5.34. The summed E-state index contributed by atoms with van der Waals surface area (Å²) in [5.41, 5.74) is 4.09. The Bertz CT molecular complexity index is 1160. The molecule has 7 heteroatoms. The quantitative estimate of drug-likeness (QED) is 0.530. The van der Waals surface area contributed by atoms with Crippen LogP contribution < -0.4 is 15.0 Å². The fourth-order valence-corrected chi connectivity index (χ4v) is 3.01. The first-order valence-electron chi connectivity index (χ1n) is 9.60. The Hall–Kier alpha value is -3.87. The van der Waals surface area contributed by atoms with Crippen LogP contribution in [0.4, 0.5) is 11.5 Å². The van der Waals surface area contributed by atoms with Crippen LogP contribution in [0, 0.1) is 6.92 Å². The molecule has 0 unspecified atom stereocenters. The largest absolute Gasteiger partial charge is 0.487 e. The Morgan fingerprint density at radius 3 is 2.57 bits per heavy atom. The molecule has 0 aliphatic heterocycles. The highest BCUT2D eigenvalue weighted by atomic mass is 16.5. The van der Waals surface area contributed by atoms with Gasteiger partial charge >= 0.3 is 0 Å². The predicted octanol–water partition coefficient (Wildman–Crippen LogP) is 3.94. The van der Waals surface area contributed by atoms with Crippen molar-refractivity contribution in [1.29, 1.82) is 0 Å². The summed E-state index contributed by atoms with van der Waals surface area (Å²) in [4.78, 5) is 23.2. The minimum absolute atomic E-state index is 0.198. The van der Waals surface area contributed by atoms with Crippen molar-refractivity contribution in [2.24, 2.45) is 0 Å². The molecule has 0 spiro atoms. The monoisotopic (exact) mass is 401 g/mol. The molecule has 3 heterocycles. The molecular formula is C23H23N5O2. The van der Waals surface area contributed by atoms with Gasteiger partial charge in [0.2, 0.25) is 0 Å². The van der Waals surface area contributed by atoms with Crippen LogP contribution in [0.15, 0.2) is 67.1 Å². The van der Waals surface area contributed by atoms with Gasteiger partial charge < -0.3 is 19.4 Å². The molecule has 4 aromatic rings. The smallest absolute Gasteiger partial charge is 0.255 e. The highest BCUT2D eigenvalue weighted by molar-refractivity contribution is 6.04. The van der Waals surface area contributed by atoms with Gasteiger partial charge in [-0.1, -0.05) is 6.07 Å². The van der Waals surface area contributed by atoms with E-state index in [0.717, 1.165) is 17.2 Å². The van der Waals surface area contributed by atoms with Gasteiger partial charge in [0.25, 0.3) is 5.91 Å². The van der Waals surface area contributed by atoms with Crippen LogP contribution in [-0.2, 0) is 6.61 Å². The fraction of sp³-hybridized carbons (Fsp3) is 0.174. The van der Waals surface area contributed by atoms with Crippen molar-refractivity contribution in [1.82, 2.24) is 14.4 Å². The van der Waals surface area contributed by atoms with E-state index in [-0.39, 0.29) is 5.91 Å². The molecule has 0 radical (unpaired) electrons. The van der Waals surface area contributed by atoms with Crippen LogP contribution in [0.25, 0.3) is 5.65 Å². The van der Waals surface area contributed by atoms with Gasteiger partial charge in [0.15, 0.2) is 0 Å². The van der Waals surface area contributed by atoms with Crippen LogP contribution in [0.5, 0.6) is 5.75 Å². The van der Waals surface area contributed by atoms with Crippen molar-refractivity contribution in [2.45, 2.75) is 13.5 Å². The summed E-state index contributed by atoms with van der Waals surface area (Å²) in [6.07, 6.45) is 5.63. The lowest BCUT2D eigenvalue weighted by molar-refractivity contribution is 0.102. The normalized spacial score (nSPS) is 10.8. The number of ether oxygens (including phenoxy) is 1. The zero-order valence-corrected chi connectivity index (χ0v) is 17.2. The van der Waals surface area contributed by atoms with E-state index in [9.17, 15) is 4.79 Å². The van der Waals surface area contributed by atoms with Crippen LogP contribution in [0.1, 0.15) is 21.6 Å². The van der Waals surface area contributed by atoms with E-state index in [1.165, 1.54) is 5.56 Å². The molecule has 0 fully saturated rings. The molecule has 0 bridgehead atoms. The number of imidazole rings is 1. The maximum Gasteiger partial charge on any atom is 0.255 e. The van der Waals surface area contributed by atoms with E-state index in [4.69, 9.17) is 4.74 Å². The molecule has 1 amide bonds. The van der Waals surface area contributed by atoms with Gasteiger partial charge in [-0.05, 0) is 55.0 Å². The number of anilines is 2. The molecule has 0 aliphatic carbocycles. The Labute approximate surface area is 175 Å². The first-order valence-corrected chi connectivity index (χ1v) is 9.60. The number of nitrogens with one attached hydrogen (secondary N) is 1. The minimum atomic E-state index is -0.198. The molecule has 152 valence electrons. The van der Waals surface area contributed by atoms with Gasteiger partial charge in [-0.15, -0.1) is 0 Å². The molecule has 7 nitrogen and oxygen atoms in total. The van der Waals surface area contributed by atoms with Gasteiger partial charge in [0.05, 0.1) is 17.6 Å². The zero-order valence-electron chi connectivity index (χ0n) is 17.2. The summed E-state index contributed by atoms with van der Waals surface area (Å²) in [6, 6.07) is 14.7.